The third-order valence-electron chi connectivity index (χ3n) is 2.66. The molecule has 2 rings (SSSR count). The molecule has 0 aromatic carbocycles. The Morgan fingerprint density at radius 3 is 2.94 bits per heavy atom. The van der Waals surface area contributed by atoms with Crippen LogP contribution in [0.1, 0.15) is 29.6 Å². The zero-order valence-corrected chi connectivity index (χ0v) is 10.6. The van der Waals surface area contributed by atoms with Gasteiger partial charge in [-0.05, 0) is 31.9 Å². The molecule has 0 atom stereocenters. The van der Waals surface area contributed by atoms with Gasteiger partial charge in [-0.15, -0.1) is 11.3 Å². The number of aromatic nitrogens is 2. The molecule has 0 amide bonds. The maximum atomic E-state index is 9.20. The van der Waals surface area contributed by atoms with Crippen molar-refractivity contribution in [3.05, 3.63) is 28.0 Å². The Kier molecular flexibility index (Phi) is 3.12. The van der Waals surface area contributed by atoms with Crippen molar-refractivity contribution in [2.75, 3.05) is 6.61 Å². The summed E-state index contributed by atoms with van der Waals surface area (Å²) < 4.78 is 2.10. The van der Waals surface area contributed by atoms with E-state index in [2.05, 4.69) is 29.4 Å². The van der Waals surface area contributed by atoms with Gasteiger partial charge < -0.3 is 5.11 Å². The van der Waals surface area contributed by atoms with Crippen LogP contribution in [-0.4, -0.2) is 21.1 Å². The van der Waals surface area contributed by atoms with Crippen LogP contribution in [0.25, 0.3) is 11.0 Å². The molecule has 0 aliphatic heterocycles. The predicted molar refractivity (Wildman–Crippen MR) is 67.9 cm³/mol. The molecule has 1 N–H and O–H groups in total. The number of fused-ring (bicyclic) bond motifs is 1. The van der Waals surface area contributed by atoms with Crippen molar-refractivity contribution in [1.29, 1.82) is 0 Å². The van der Waals surface area contributed by atoms with Crippen LogP contribution in [0, 0.1) is 13.8 Å². The summed E-state index contributed by atoms with van der Waals surface area (Å²) in [5, 5.41) is 9.20. The van der Waals surface area contributed by atoms with E-state index in [0.29, 0.717) is 0 Å². The Bertz CT molecular complexity index is 530. The molecule has 0 saturated heterocycles. The number of hydrogen-bond donors (Lipinski definition) is 1. The maximum absolute atomic E-state index is 9.20. The molecule has 0 bridgehead atoms. The third kappa shape index (κ3) is 1.90. The number of hydrogen-bond acceptors (Lipinski definition) is 3. The topological polar surface area (TPSA) is 37.5 Å². The Labute approximate surface area is 99.1 Å². The van der Waals surface area contributed by atoms with E-state index in [1.807, 2.05) is 13.0 Å². The van der Waals surface area contributed by atoms with E-state index in [4.69, 9.17) is 0 Å². The molecule has 0 saturated carbocycles. The first-order valence-corrected chi connectivity index (χ1v) is 6.22. The van der Waals surface area contributed by atoms with Crippen LogP contribution in [0.4, 0.5) is 0 Å². The van der Waals surface area contributed by atoms with E-state index >= 15 is 0 Å². The number of rotatable bonds is 3. The Hall–Kier alpha value is -1.13. The number of nitrogens with zero attached hydrogens (tertiary/aromatic N) is 2. The molecule has 0 fully saturated rings. The second-order valence-corrected chi connectivity index (χ2v) is 5.10. The van der Waals surface area contributed by atoms with Gasteiger partial charge in [0.25, 0.3) is 0 Å². The van der Waals surface area contributed by atoms with E-state index in [1.54, 1.807) is 11.3 Å². The highest BCUT2D eigenvalue weighted by molar-refractivity contribution is 7.17. The smallest absolute Gasteiger partial charge is 0.194 e. The average molecular weight is 236 g/mol. The summed E-state index contributed by atoms with van der Waals surface area (Å²) >= 11 is 1.69. The molecule has 3 nitrogen and oxygen atoms in total. The molecule has 0 aliphatic rings. The lowest BCUT2D eigenvalue weighted by molar-refractivity contribution is 0.329. The predicted octanol–water partition coefficient (Wildman–Crippen LogP) is 2.80. The van der Waals surface area contributed by atoms with Gasteiger partial charge in [-0.1, -0.05) is 6.92 Å². The third-order valence-corrected chi connectivity index (χ3v) is 3.56. The van der Waals surface area contributed by atoms with Crippen LogP contribution in [0.2, 0.25) is 0 Å². The highest BCUT2D eigenvalue weighted by Crippen LogP contribution is 2.22. The molecule has 86 valence electrons. The zero-order chi connectivity index (χ0) is 11.7. The van der Waals surface area contributed by atoms with E-state index in [1.165, 1.54) is 4.88 Å². The summed E-state index contributed by atoms with van der Waals surface area (Å²) in [6, 6.07) is 0. The van der Waals surface area contributed by atoms with Crippen LogP contribution < -0.4 is 0 Å². The van der Waals surface area contributed by atoms with E-state index in [-0.39, 0.29) is 6.61 Å². The lowest BCUT2D eigenvalue weighted by Crippen LogP contribution is -1.91. The van der Waals surface area contributed by atoms with Crippen molar-refractivity contribution in [2.24, 2.45) is 0 Å². The standard InChI is InChI=1S/C12H16N2OS/c1-4-10(7-15)5-11-9(3)13-12-14(11)6-8(2)16-12/h5-6,15H,4,7H2,1-3H3. The Morgan fingerprint density at radius 1 is 1.56 bits per heavy atom. The second-order valence-electron chi connectivity index (χ2n) is 3.89. The summed E-state index contributed by atoms with van der Waals surface area (Å²) in [6.45, 7) is 6.25. The molecule has 0 unspecified atom stereocenters. The Balaban J connectivity index is 2.57. The van der Waals surface area contributed by atoms with E-state index in [9.17, 15) is 5.11 Å². The molecule has 2 aromatic rings. The van der Waals surface area contributed by atoms with Gasteiger partial charge in [0.15, 0.2) is 4.96 Å². The quantitative estimate of drug-likeness (QED) is 0.889. The first-order valence-electron chi connectivity index (χ1n) is 5.41. The van der Waals surface area contributed by atoms with Gasteiger partial charge in [0.2, 0.25) is 0 Å². The van der Waals surface area contributed by atoms with Crippen molar-refractivity contribution in [1.82, 2.24) is 9.38 Å². The second kappa shape index (κ2) is 4.39. The molecule has 2 aromatic heterocycles. The van der Waals surface area contributed by atoms with Gasteiger partial charge in [-0.3, -0.25) is 4.40 Å². The van der Waals surface area contributed by atoms with Crippen LogP contribution in [0.15, 0.2) is 11.8 Å². The van der Waals surface area contributed by atoms with Crippen LogP contribution in [0.3, 0.4) is 0 Å². The van der Waals surface area contributed by atoms with Crippen molar-refractivity contribution in [3.63, 3.8) is 0 Å². The number of imidazole rings is 1. The molecule has 0 aliphatic carbocycles. The molecule has 16 heavy (non-hydrogen) atoms. The molecular weight excluding hydrogens is 220 g/mol. The number of thiazole rings is 1. The maximum Gasteiger partial charge on any atom is 0.194 e. The minimum Gasteiger partial charge on any atom is -0.392 e. The number of aliphatic hydroxyl groups excluding tert-OH is 1. The average Bonchev–Trinajstić information content (AvgIpc) is 2.72. The number of aryl methyl sites for hydroxylation is 2. The highest BCUT2D eigenvalue weighted by atomic mass is 32.1. The van der Waals surface area contributed by atoms with Crippen molar-refractivity contribution in [3.8, 4) is 0 Å². The van der Waals surface area contributed by atoms with Crippen molar-refractivity contribution in [2.45, 2.75) is 27.2 Å². The fraction of sp³-hybridized carbons (Fsp3) is 0.417. The van der Waals surface area contributed by atoms with Crippen LogP contribution in [-0.2, 0) is 0 Å². The SMILES string of the molecule is CCC(=Cc1c(C)nc2sc(C)cn12)CO. The van der Waals surface area contributed by atoms with Gasteiger partial charge in [-0.25, -0.2) is 4.98 Å². The monoisotopic (exact) mass is 236 g/mol. The van der Waals surface area contributed by atoms with E-state index < -0.39 is 0 Å². The van der Waals surface area contributed by atoms with Crippen molar-refractivity contribution >= 4 is 22.4 Å². The van der Waals surface area contributed by atoms with Gasteiger partial charge in [0.05, 0.1) is 18.0 Å². The fourth-order valence-electron chi connectivity index (χ4n) is 1.71. The van der Waals surface area contributed by atoms with Gasteiger partial charge in [0, 0.05) is 11.1 Å². The summed E-state index contributed by atoms with van der Waals surface area (Å²) in [7, 11) is 0. The summed E-state index contributed by atoms with van der Waals surface area (Å²) in [4.78, 5) is 6.78. The Morgan fingerprint density at radius 2 is 2.31 bits per heavy atom. The summed E-state index contributed by atoms with van der Waals surface area (Å²) in [5.41, 5.74) is 3.14. The van der Waals surface area contributed by atoms with Gasteiger partial charge in [-0.2, -0.15) is 0 Å². The minimum atomic E-state index is 0.117. The van der Waals surface area contributed by atoms with Crippen LogP contribution in [0.5, 0.6) is 0 Å². The first-order chi connectivity index (χ1) is 7.65. The number of aliphatic hydroxyl groups is 1. The van der Waals surface area contributed by atoms with E-state index in [0.717, 1.165) is 28.3 Å². The van der Waals surface area contributed by atoms with Crippen molar-refractivity contribution < 1.29 is 5.11 Å². The zero-order valence-electron chi connectivity index (χ0n) is 9.82. The lowest BCUT2D eigenvalue weighted by atomic mass is 10.1. The molecular formula is C12H16N2OS. The largest absolute Gasteiger partial charge is 0.392 e. The molecule has 0 radical (unpaired) electrons. The lowest BCUT2D eigenvalue weighted by Gasteiger charge is -2.00. The summed E-state index contributed by atoms with van der Waals surface area (Å²) in [5.74, 6) is 0. The molecule has 4 heteroatoms. The fourth-order valence-corrected chi connectivity index (χ4v) is 2.59. The van der Waals surface area contributed by atoms with Gasteiger partial charge >= 0.3 is 0 Å². The minimum absolute atomic E-state index is 0.117. The summed E-state index contributed by atoms with van der Waals surface area (Å²) in [6.07, 6.45) is 5.00. The molecule has 2 heterocycles. The van der Waals surface area contributed by atoms with Crippen LogP contribution >= 0.6 is 11.3 Å². The highest BCUT2D eigenvalue weighted by Gasteiger charge is 2.09. The first kappa shape index (κ1) is 11.4. The normalized spacial score (nSPS) is 12.6. The molecule has 0 spiro atoms. The van der Waals surface area contributed by atoms with Gasteiger partial charge in [0.1, 0.15) is 0 Å².